The first-order chi connectivity index (χ1) is 13.2. The molecule has 0 aliphatic carbocycles. The Hall–Kier alpha value is -3.28. The molecule has 0 spiro atoms. The SMILES string of the molecule is Cc1cc(C)cc(C(=O)N(NC(=O)c2cccc3c2OC=CO3)C(C)(C)C)c1. The Bertz CT molecular complexity index is 937. The zero-order valence-corrected chi connectivity index (χ0v) is 16.7. The number of nitrogens with one attached hydrogen (secondary N) is 1. The van der Waals surface area contributed by atoms with E-state index in [0.717, 1.165) is 11.1 Å². The number of amides is 2. The molecule has 0 unspecified atom stereocenters. The predicted octanol–water partition coefficient (Wildman–Crippen LogP) is 4.13. The van der Waals surface area contributed by atoms with Crippen molar-refractivity contribution in [1.29, 1.82) is 0 Å². The molecule has 0 aromatic heterocycles. The molecule has 0 fully saturated rings. The van der Waals surface area contributed by atoms with E-state index in [1.54, 1.807) is 18.2 Å². The molecule has 146 valence electrons. The highest BCUT2D eigenvalue weighted by atomic mass is 16.5. The Morgan fingerprint density at radius 2 is 1.61 bits per heavy atom. The van der Waals surface area contributed by atoms with E-state index < -0.39 is 11.4 Å². The zero-order chi connectivity index (χ0) is 20.5. The number of carbonyl (C=O) groups excluding carboxylic acids is 2. The van der Waals surface area contributed by atoms with Crippen LogP contribution in [0, 0.1) is 13.8 Å². The van der Waals surface area contributed by atoms with Crippen LogP contribution in [0.25, 0.3) is 0 Å². The topological polar surface area (TPSA) is 67.9 Å². The monoisotopic (exact) mass is 380 g/mol. The van der Waals surface area contributed by atoms with E-state index in [4.69, 9.17) is 9.47 Å². The van der Waals surface area contributed by atoms with Crippen LogP contribution in [0.1, 0.15) is 52.6 Å². The summed E-state index contributed by atoms with van der Waals surface area (Å²) < 4.78 is 10.8. The third-order valence-corrected chi connectivity index (χ3v) is 4.22. The molecule has 2 amide bonds. The molecule has 6 nitrogen and oxygen atoms in total. The molecule has 3 rings (SSSR count). The zero-order valence-electron chi connectivity index (χ0n) is 16.7. The fourth-order valence-corrected chi connectivity index (χ4v) is 3.02. The number of aryl methyl sites for hydroxylation is 2. The highest BCUT2D eigenvalue weighted by molar-refractivity contribution is 6.01. The van der Waals surface area contributed by atoms with E-state index in [9.17, 15) is 9.59 Å². The molecular weight excluding hydrogens is 356 g/mol. The third kappa shape index (κ3) is 4.01. The summed E-state index contributed by atoms with van der Waals surface area (Å²) in [5.41, 5.74) is 4.87. The minimum Gasteiger partial charge on any atom is -0.458 e. The second kappa shape index (κ2) is 7.38. The lowest BCUT2D eigenvalue weighted by molar-refractivity contribution is 0.0357. The molecule has 0 atom stereocenters. The molecule has 1 aliphatic heterocycles. The van der Waals surface area contributed by atoms with Crippen LogP contribution in [0.5, 0.6) is 11.5 Å². The van der Waals surface area contributed by atoms with Gasteiger partial charge in [-0.2, -0.15) is 0 Å². The average molecular weight is 380 g/mol. The maximum absolute atomic E-state index is 13.2. The van der Waals surface area contributed by atoms with Gasteiger partial charge in [-0.25, -0.2) is 5.01 Å². The first-order valence-corrected chi connectivity index (χ1v) is 9.02. The Kier molecular flexibility index (Phi) is 5.14. The summed E-state index contributed by atoms with van der Waals surface area (Å²) in [6.45, 7) is 9.44. The smallest absolute Gasteiger partial charge is 0.273 e. The molecule has 0 saturated carbocycles. The molecule has 2 aromatic carbocycles. The third-order valence-electron chi connectivity index (χ3n) is 4.22. The van der Waals surface area contributed by atoms with Gasteiger partial charge in [0.05, 0.1) is 11.1 Å². The minimum absolute atomic E-state index is 0.282. The van der Waals surface area contributed by atoms with Crippen molar-refractivity contribution in [3.63, 3.8) is 0 Å². The molecule has 2 aromatic rings. The fraction of sp³-hybridized carbons (Fsp3) is 0.273. The molecule has 1 aliphatic rings. The van der Waals surface area contributed by atoms with Crippen molar-refractivity contribution in [2.75, 3.05) is 0 Å². The number of hydrazine groups is 1. The summed E-state index contributed by atoms with van der Waals surface area (Å²) in [7, 11) is 0. The van der Waals surface area contributed by atoms with Crippen molar-refractivity contribution in [2.45, 2.75) is 40.2 Å². The summed E-state index contributed by atoms with van der Waals surface area (Å²) in [6, 6.07) is 10.6. The summed E-state index contributed by atoms with van der Waals surface area (Å²) in [6.07, 6.45) is 2.76. The van der Waals surface area contributed by atoms with E-state index in [-0.39, 0.29) is 11.5 Å². The molecule has 1 N–H and O–H groups in total. The van der Waals surface area contributed by atoms with Crippen LogP contribution in [0.4, 0.5) is 0 Å². The highest BCUT2D eigenvalue weighted by Gasteiger charge is 2.31. The van der Waals surface area contributed by atoms with Crippen LogP contribution in [0.15, 0.2) is 48.9 Å². The number of nitrogens with zero attached hydrogens (tertiary/aromatic N) is 1. The molecule has 0 saturated heterocycles. The van der Waals surface area contributed by atoms with E-state index in [2.05, 4.69) is 5.43 Å². The normalized spacial score (nSPS) is 12.5. The van der Waals surface area contributed by atoms with Crippen LogP contribution >= 0.6 is 0 Å². The van der Waals surface area contributed by atoms with E-state index >= 15 is 0 Å². The van der Waals surface area contributed by atoms with Gasteiger partial charge in [0.15, 0.2) is 11.5 Å². The Morgan fingerprint density at radius 3 is 2.25 bits per heavy atom. The van der Waals surface area contributed by atoms with Crippen LogP contribution in [0.3, 0.4) is 0 Å². The van der Waals surface area contributed by atoms with Crippen LogP contribution < -0.4 is 14.9 Å². The van der Waals surface area contributed by atoms with Gasteiger partial charge in [0.2, 0.25) is 0 Å². The van der Waals surface area contributed by atoms with Gasteiger partial charge in [-0.1, -0.05) is 23.3 Å². The number of fused-ring (bicyclic) bond motifs is 1. The van der Waals surface area contributed by atoms with Crippen molar-refractivity contribution in [1.82, 2.24) is 10.4 Å². The second-order valence-electron chi connectivity index (χ2n) is 7.77. The lowest BCUT2D eigenvalue weighted by Gasteiger charge is -2.35. The number of para-hydroxylation sites is 1. The first-order valence-electron chi connectivity index (χ1n) is 9.02. The molecule has 0 bridgehead atoms. The molecular formula is C22H24N2O4. The number of ether oxygens (including phenoxy) is 2. The quantitative estimate of drug-likeness (QED) is 0.796. The minimum atomic E-state index is -0.642. The van der Waals surface area contributed by atoms with Gasteiger partial charge >= 0.3 is 0 Å². The summed E-state index contributed by atoms with van der Waals surface area (Å²) in [5, 5.41) is 1.35. The maximum Gasteiger partial charge on any atom is 0.273 e. The Labute approximate surface area is 164 Å². The highest BCUT2D eigenvalue weighted by Crippen LogP contribution is 2.34. The molecule has 0 radical (unpaired) electrons. The lowest BCUT2D eigenvalue weighted by Crippen LogP contribution is -2.56. The van der Waals surface area contributed by atoms with Gasteiger partial charge in [0, 0.05) is 5.56 Å². The second-order valence-corrected chi connectivity index (χ2v) is 7.77. The standard InChI is InChI=1S/C22H24N2O4/c1-14-11-15(2)13-16(12-14)21(26)24(22(3,4)5)23-20(25)17-7-6-8-18-19(17)28-10-9-27-18/h6-13H,1-5H3,(H,23,25). The first kappa shape index (κ1) is 19.5. The Balaban J connectivity index is 1.92. The van der Waals surface area contributed by atoms with Crippen molar-refractivity contribution >= 4 is 11.8 Å². The van der Waals surface area contributed by atoms with Crippen LogP contribution in [0.2, 0.25) is 0 Å². The summed E-state index contributed by atoms with van der Waals surface area (Å²) in [5.74, 6) is 0.0196. The van der Waals surface area contributed by atoms with Gasteiger partial charge < -0.3 is 9.47 Å². The summed E-state index contributed by atoms with van der Waals surface area (Å²) >= 11 is 0. The predicted molar refractivity (Wildman–Crippen MR) is 106 cm³/mol. The van der Waals surface area contributed by atoms with Crippen molar-refractivity contribution in [3.8, 4) is 11.5 Å². The number of carbonyl (C=O) groups is 2. The lowest BCUT2D eigenvalue weighted by atomic mass is 10.0. The fourth-order valence-electron chi connectivity index (χ4n) is 3.02. The maximum atomic E-state index is 13.2. The van der Waals surface area contributed by atoms with Gasteiger partial charge in [0.25, 0.3) is 11.8 Å². The number of rotatable bonds is 2. The molecule has 1 heterocycles. The van der Waals surface area contributed by atoms with Gasteiger partial charge in [-0.3, -0.25) is 15.0 Å². The number of hydrogen-bond acceptors (Lipinski definition) is 4. The largest absolute Gasteiger partial charge is 0.458 e. The average Bonchev–Trinajstić information content (AvgIpc) is 2.63. The summed E-state index contributed by atoms with van der Waals surface area (Å²) in [4.78, 5) is 26.2. The van der Waals surface area contributed by atoms with E-state index in [1.165, 1.54) is 17.5 Å². The van der Waals surface area contributed by atoms with Gasteiger partial charge in [0.1, 0.15) is 12.5 Å². The van der Waals surface area contributed by atoms with E-state index in [0.29, 0.717) is 17.1 Å². The van der Waals surface area contributed by atoms with Gasteiger partial charge in [-0.15, -0.1) is 0 Å². The van der Waals surface area contributed by atoms with E-state index in [1.807, 2.05) is 52.8 Å². The van der Waals surface area contributed by atoms with Crippen LogP contribution in [-0.2, 0) is 0 Å². The molecule has 6 heteroatoms. The van der Waals surface area contributed by atoms with Crippen LogP contribution in [-0.4, -0.2) is 22.4 Å². The van der Waals surface area contributed by atoms with Crippen molar-refractivity contribution in [2.24, 2.45) is 0 Å². The number of hydrogen-bond donors (Lipinski definition) is 1. The van der Waals surface area contributed by atoms with Crippen molar-refractivity contribution < 1.29 is 19.1 Å². The Morgan fingerprint density at radius 1 is 0.964 bits per heavy atom. The van der Waals surface area contributed by atoms with Crippen molar-refractivity contribution in [3.05, 3.63) is 71.2 Å². The molecule has 28 heavy (non-hydrogen) atoms. The van der Waals surface area contributed by atoms with Gasteiger partial charge in [-0.05, 0) is 58.9 Å². The number of benzene rings is 2.